The Kier molecular flexibility index (Phi) is 23.0. The van der Waals surface area contributed by atoms with Gasteiger partial charge < -0.3 is 78.0 Å². The lowest BCUT2D eigenvalue weighted by molar-refractivity contribution is -0.345. The molecule has 3 aliphatic heterocycles. The number of hydrogen-bond acceptors (Lipinski definition) is 24. The fourth-order valence-electron chi connectivity index (χ4n) is 18.1. The standard InChI is InChI=1S/C38H44O11.C29H36O10.C9H10O2.C4H8O/c1-21-26(40)18-38(44)32(48-33(42)25-15-11-8-12-16-25)30-36(6,31(41)22(2)29(21)35(38,4)5)27(17-28-37(30,20-46-28)49-23(3)39)47-34(43)45-19-24-13-9-7-10-14-24;1-14-17(31)12-29(36)24(38-25(35)16-9-7-6-8-10-16)22-27(5,23(34)21(33)20(14)26(29,3)4)18(32)11-19-28(22,13-37-19)39-15(2)30;1-8(10)11-7-9-5-3-2-4-6-9;1-2-4-5-3-1/h7-16,22,26-28,30,32,40,44H,17-20H2,1-6H3;6-10,17-19,21-22,24,31-33,36H,11-13H2,1-5H3;2-6H,7H2,1H3;1-4H2/t22-,26+,27+,28-,30+,32+,36-,37+,38-;17-,18-,19+,21+,22-,24-,27+,28-,29+;;/m10../s1. The van der Waals surface area contributed by atoms with E-state index >= 15 is 4.79 Å². The maximum atomic E-state index is 15.2. The molecular formula is C80H98O24. The Morgan fingerprint density at radius 1 is 0.510 bits per heavy atom. The third kappa shape index (κ3) is 14.0. The van der Waals surface area contributed by atoms with Crippen LogP contribution in [0.5, 0.6) is 0 Å². The van der Waals surface area contributed by atoms with Crippen molar-refractivity contribution in [1.82, 2.24) is 0 Å². The van der Waals surface area contributed by atoms with Gasteiger partial charge in [0.2, 0.25) is 0 Å². The molecule has 4 aromatic carbocycles. The molecule has 0 unspecified atom stereocenters. The maximum Gasteiger partial charge on any atom is 0.508 e. The minimum atomic E-state index is -2.07. The minimum Gasteiger partial charge on any atom is -0.461 e. The summed E-state index contributed by atoms with van der Waals surface area (Å²) >= 11 is 0. The lowest BCUT2D eigenvalue weighted by Gasteiger charge is -2.67. The summed E-state index contributed by atoms with van der Waals surface area (Å²) in [6.45, 7) is 20.6. The van der Waals surface area contributed by atoms with Crippen molar-refractivity contribution in [3.8, 4) is 0 Å². The van der Waals surface area contributed by atoms with E-state index in [1.165, 1.54) is 52.7 Å². The van der Waals surface area contributed by atoms with Crippen LogP contribution in [-0.4, -0.2) is 182 Å². The highest BCUT2D eigenvalue weighted by Gasteiger charge is 2.80. The van der Waals surface area contributed by atoms with E-state index in [0.717, 1.165) is 24.3 Å². The van der Waals surface area contributed by atoms with Gasteiger partial charge >= 0.3 is 36.0 Å². The van der Waals surface area contributed by atoms with Crippen molar-refractivity contribution >= 4 is 47.6 Å². The number of esters is 5. The Balaban J connectivity index is 0.000000186. The van der Waals surface area contributed by atoms with Gasteiger partial charge in [-0.2, -0.15) is 0 Å². The quantitative estimate of drug-likeness (QED) is 0.0466. The van der Waals surface area contributed by atoms with Gasteiger partial charge in [0.1, 0.15) is 66.8 Å². The van der Waals surface area contributed by atoms with Gasteiger partial charge in [0.25, 0.3) is 0 Å². The summed E-state index contributed by atoms with van der Waals surface area (Å²) in [7, 11) is 0. The first-order valence-electron chi connectivity index (χ1n) is 35.4. The van der Waals surface area contributed by atoms with Crippen molar-refractivity contribution in [3.05, 3.63) is 166 Å². The Hall–Kier alpha value is -8.04. The van der Waals surface area contributed by atoms with Gasteiger partial charge in [-0.05, 0) is 98.2 Å². The molecule has 18 atom stereocenters. The Morgan fingerprint density at radius 2 is 0.913 bits per heavy atom. The van der Waals surface area contributed by atoms with Gasteiger partial charge in [-0.15, -0.1) is 0 Å². The summed E-state index contributed by atoms with van der Waals surface area (Å²) in [5.41, 5.74) is -9.80. The molecule has 13 rings (SSSR count). The van der Waals surface area contributed by atoms with Crippen molar-refractivity contribution < 1.29 is 116 Å². The van der Waals surface area contributed by atoms with Crippen LogP contribution in [0.4, 0.5) is 4.79 Å². The summed E-state index contributed by atoms with van der Waals surface area (Å²) in [6.07, 6.45) is -10.9. The number of fused-ring (bicyclic) bond motifs is 10. The van der Waals surface area contributed by atoms with E-state index < -0.39 is 158 Å². The van der Waals surface area contributed by atoms with Crippen LogP contribution in [0.25, 0.3) is 0 Å². The summed E-state index contributed by atoms with van der Waals surface area (Å²) in [4.78, 5) is 106. The van der Waals surface area contributed by atoms with Crippen LogP contribution in [0.15, 0.2) is 144 Å². The number of carbonyl (C=O) groups is 8. The second kappa shape index (κ2) is 30.4. The number of aliphatic hydroxyl groups is 6. The van der Waals surface area contributed by atoms with Crippen LogP contribution in [0.3, 0.4) is 0 Å². The van der Waals surface area contributed by atoms with Crippen molar-refractivity contribution in [2.45, 2.75) is 212 Å². The Labute approximate surface area is 605 Å². The number of hydrogen-bond donors (Lipinski definition) is 6. The van der Waals surface area contributed by atoms with Crippen LogP contribution in [0.1, 0.15) is 153 Å². The van der Waals surface area contributed by atoms with Crippen LogP contribution < -0.4 is 0 Å². The molecule has 6 N–H and O–H groups in total. The predicted molar refractivity (Wildman–Crippen MR) is 371 cm³/mol. The fraction of sp³-hybridized carbons (Fsp3) is 0.550. The molecular weight excluding hydrogens is 1340 g/mol. The van der Waals surface area contributed by atoms with E-state index in [1.807, 2.05) is 48.5 Å². The molecule has 4 bridgehead atoms. The number of Topliss-reactive ketones (excluding diaryl/α,β-unsaturated/α-hetero) is 2. The number of carbonyl (C=O) groups excluding carboxylic acids is 8. The molecule has 4 aromatic rings. The van der Waals surface area contributed by atoms with E-state index in [-0.39, 0.29) is 68.2 Å². The van der Waals surface area contributed by atoms with Crippen molar-refractivity contribution in [1.29, 1.82) is 0 Å². The topological polar surface area (TPSA) is 350 Å². The monoisotopic (exact) mass is 1440 g/mol. The summed E-state index contributed by atoms with van der Waals surface area (Å²) in [5.74, 6) is -7.88. The lowest BCUT2D eigenvalue weighted by atomic mass is 9.43. The number of rotatable bonds is 11. The van der Waals surface area contributed by atoms with Gasteiger partial charge in [0, 0.05) is 76.4 Å². The average Bonchev–Trinajstić information content (AvgIpc) is 0.684. The van der Waals surface area contributed by atoms with E-state index in [4.69, 9.17) is 47.4 Å². The third-order valence-corrected chi connectivity index (χ3v) is 23.7. The first-order chi connectivity index (χ1) is 49.0. The van der Waals surface area contributed by atoms with Gasteiger partial charge in [-0.1, -0.05) is 132 Å². The first-order valence-corrected chi connectivity index (χ1v) is 35.4. The highest BCUT2D eigenvalue weighted by Crippen LogP contribution is 2.67. The van der Waals surface area contributed by atoms with Crippen molar-refractivity contribution in [2.75, 3.05) is 26.4 Å². The molecule has 7 fully saturated rings. The second-order valence-electron chi connectivity index (χ2n) is 30.4. The van der Waals surface area contributed by atoms with Crippen molar-refractivity contribution in [3.63, 3.8) is 0 Å². The third-order valence-electron chi connectivity index (χ3n) is 23.7. The van der Waals surface area contributed by atoms with Gasteiger partial charge in [0.05, 0.1) is 65.3 Å². The molecule has 104 heavy (non-hydrogen) atoms. The van der Waals surface area contributed by atoms with Gasteiger partial charge in [-0.3, -0.25) is 24.0 Å². The van der Waals surface area contributed by atoms with Crippen LogP contribution >= 0.6 is 0 Å². The molecule has 9 aliphatic rings. The molecule has 0 spiro atoms. The smallest absolute Gasteiger partial charge is 0.461 e. The minimum absolute atomic E-state index is 0.0407. The fourth-order valence-corrected chi connectivity index (χ4v) is 18.1. The molecule has 24 nitrogen and oxygen atoms in total. The number of aliphatic hydroxyl groups excluding tert-OH is 4. The van der Waals surface area contributed by atoms with Crippen molar-refractivity contribution in [2.24, 2.45) is 39.4 Å². The van der Waals surface area contributed by atoms with Gasteiger partial charge in [-0.25, -0.2) is 14.4 Å². The molecule has 562 valence electrons. The molecule has 4 saturated carbocycles. The van der Waals surface area contributed by atoms with Crippen LogP contribution in [-0.2, 0) is 84.6 Å². The molecule has 0 amide bonds. The molecule has 0 aromatic heterocycles. The highest BCUT2D eigenvalue weighted by molar-refractivity contribution is 5.95. The maximum absolute atomic E-state index is 15.2. The summed E-state index contributed by atoms with van der Waals surface area (Å²) < 4.78 is 57.4. The molecule has 0 radical (unpaired) electrons. The zero-order valence-electron chi connectivity index (χ0n) is 61.0. The number of ether oxygens (including phenoxy) is 10. The van der Waals surface area contributed by atoms with Crippen LogP contribution in [0, 0.1) is 39.4 Å². The van der Waals surface area contributed by atoms with E-state index in [1.54, 1.807) is 116 Å². The average molecular weight is 1440 g/mol. The Bertz CT molecular complexity index is 3900. The largest absolute Gasteiger partial charge is 0.508 e. The SMILES string of the molecule is C1CCOC1.CC(=O)OCc1ccccc1.CC(=O)O[C@@]12CO[C@@H]1C[C@H](O)[C@@]1(C)C(=O)[C@H](O)C3=C(C)[C@@H](O)C[C@@](O)([C@@H](OC(=O)c4ccccc4)[C@H]21)C3(C)C.CC(=O)O[C@@]12CO[C@@H]1C[C@H](OC(=O)OCc1ccccc1)[C@@]1(C)C(=O)[C@H](C)C3=C(C)[C@@H](O)C[C@@](O)([C@@H](OC(=O)c4ccccc4)[C@H]21)C3(C)C. The molecule has 24 heteroatoms. The normalized spacial score (nSPS) is 35.2. The van der Waals surface area contributed by atoms with Gasteiger partial charge in [0.15, 0.2) is 17.0 Å². The van der Waals surface area contributed by atoms with E-state index in [9.17, 15) is 64.2 Å². The summed E-state index contributed by atoms with van der Waals surface area (Å²) in [6, 6.07) is 34.9. The van der Waals surface area contributed by atoms with E-state index in [0.29, 0.717) is 23.3 Å². The number of benzene rings is 4. The predicted octanol–water partition coefficient (Wildman–Crippen LogP) is 8.35. The summed E-state index contributed by atoms with van der Waals surface area (Å²) in [5, 5.41) is 71.3. The van der Waals surface area contributed by atoms with Crippen LogP contribution in [0.2, 0.25) is 0 Å². The second-order valence-corrected chi connectivity index (χ2v) is 30.4. The lowest BCUT2D eigenvalue weighted by Crippen LogP contribution is -2.81. The molecule has 3 saturated heterocycles. The highest BCUT2D eigenvalue weighted by atomic mass is 16.7. The van der Waals surface area contributed by atoms with E-state index in [2.05, 4.69) is 0 Å². The zero-order chi connectivity index (χ0) is 75.9. The number of ketones is 2. The first kappa shape index (κ1) is 78.5. The molecule has 6 aliphatic carbocycles. The zero-order valence-corrected chi connectivity index (χ0v) is 61.0. The Morgan fingerprint density at radius 3 is 1.32 bits per heavy atom. The molecule has 3 heterocycles.